The van der Waals surface area contributed by atoms with E-state index < -0.39 is 24.1 Å². The third-order valence-electron chi connectivity index (χ3n) is 2.76. The Morgan fingerprint density at radius 3 is 2.25 bits per heavy atom. The van der Waals surface area contributed by atoms with E-state index in [9.17, 15) is 14.7 Å². The molecule has 0 aliphatic rings. The van der Waals surface area contributed by atoms with Crippen LogP contribution in [0.1, 0.15) is 13.8 Å². The highest BCUT2D eigenvalue weighted by molar-refractivity contribution is 5.83. The zero-order chi connectivity index (χ0) is 15.7. The average Bonchev–Trinajstić information content (AvgIpc) is 2.35. The number of nitrogens with one attached hydrogen (secondary N) is 1. The summed E-state index contributed by atoms with van der Waals surface area (Å²) in [5, 5.41) is 20.6. The van der Waals surface area contributed by atoms with Gasteiger partial charge in [0.2, 0.25) is 0 Å². The summed E-state index contributed by atoms with van der Waals surface area (Å²) in [5.41, 5.74) is 0. The second kappa shape index (κ2) is 9.51. The molecular formula is C12H24N2O6. The number of carbonyl (C=O) groups is 2. The minimum absolute atomic E-state index is 0.251. The van der Waals surface area contributed by atoms with Crippen molar-refractivity contribution in [2.75, 3.05) is 34.0 Å². The van der Waals surface area contributed by atoms with Crippen LogP contribution in [0.5, 0.6) is 0 Å². The van der Waals surface area contributed by atoms with E-state index in [4.69, 9.17) is 14.6 Å². The predicted octanol–water partition coefficient (Wildman–Crippen LogP) is -0.487. The molecule has 0 aliphatic heterocycles. The fourth-order valence-corrected chi connectivity index (χ4v) is 1.65. The molecule has 0 bridgehead atoms. The molecule has 0 radical (unpaired) electrons. The molecule has 0 aromatic heterocycles. The summed E-state index contributed by atoms with van der Waals surface area (Å²) in [6.07, 6.45) is -1.20. The monoisotopic (exact) mass is 292 g/mol. The van der Waals surface area contributed by atoms with E-state index in [-0.39, 0.29) is 6.04 Å². The lowest BCUT2D eigenvalue weighted by molar-refractivity contribution is -0.141. The Morgan fingerprint density at radius 2 is 1.85 bits per heavy atom. The summed E-state index contributed by atoms with van der Waals surface area (Å²) < 4.78 is 9.91. The summed E-state index contributed by atoms with van der Waals surface area (Å²) in [6.45, 7) is 3.99. The summed E-state index contributed by atoms with van der Waals surface area (Å²) >= 11 is 0. The number of carboxylic acid groups (broad SMARTS) is 1. The van der Waals surface area contributed by atoms with Crippen LogP contribution in [0.15, 0.2) is 0 Å². The van der Waals surface area contributed by atoms with E-state index in [1.54, 1.807) is 6.92 Å². The number of nitrogens with zero attached hydrogens (tertiary/aromatic N) is 1. The van der Waals surface area contributed by atoms with Gasteiger partial charge in [-0.15, -0.1) is 0 Å². The number of ether oxygens (including phenoxy) is 2. The topological polar surface area (TPSA) is 108 Å². The van der Waals surface area contributed by atoms with Crippen LogP contribution in [0.25, 0.3) is 0 Å². The van der Waals surface area contributed by atoms with Gasteiger partial charge in [0.1, 0.15) is 0 Å². The molecule has 0 aliphatic carbocycles. The van der Waals surface area contributed by atoms with Gasteiger partial charge in [-0.05, 0) is 13.8 Å². The Bertz CT molecular complexity index is 310. The van der Waals surface area contributed by atoms with Crippen molar-refractivity contribution in [3.8, 4) is 0 Å². The van der Waals surface area contributed by atoms with Crippen LogP contribution in [0.3, 0.4) is 0 Å². The molecule has 0 aromatic carbocycles. The number of carbonyl (C=O) groups excluding carboxylic acids is 1. The molecule has 3 atom stereocenters. The maximum absolute atomic E-state index is 12.1. The second-order valence-corrected chi connectivity index (χ2v) is 4.50. The van der Waals surface area contributed by atoms with Gasteiger partial charge in [0.15, 0.2) is 6.04 Å². The lowest BCUT2D eigenvalue weighted by atomic mass is 10.2. The first kappa shape index (κ1) is 18.6. The molecule has 118 valence electrons. The molecule has 0 aromatic rings. The quantitative estimate of drug-likeness (QED) is 0.529. The Hall–Kier alpha value is -1.38. The Morgan fingerprint density at radius 1 is 1.25 bits per heavy atom. The molecule has 0 rings (SSSR count). The maximum atomic E-state index is 12.1. The first-order valence-corrected chi connectivity index (χ1v) is 6.31. The van der Waals surface area contributed by atoms with E-state index in [0.717, 1.165) is 0 Å². The highest BCUT2D eigenvalue weighted by atomic mass is 16.5. The first-order chi connectivity index (χ1) is 9.34. The summed E-state index contributed by atoms with van der Waals surface area (Å²) in [5.74, 6) is -1.29. The highest BCUT2D eigenvalue weighted by Crippen LogP contribution is 2.03. The first-order valence-electron chi connectivity index (χ1n) is 6.31. The van der Waals surface area contributed by atoms with Gasteiger partial charge < -0.3 is 29.9 Å². The summed E-state index contributed by atoms with van der Waals surface area (Å²) in [7, 11) is 3.02. The molecule has 8 nitrogen and oxygen atoms in total. The maximum Gasteiger partial charge on any atom is 0.328 e. The number of amides is 2. The van der Waals surface area contributed by atoms with Crippen molar-refractivity contribution in [2.45, 2.75) is 32.0 Å². The molecule has 0 spiro atoms. The number of aliphatic carboxylic acids is 1. The van der Waals surface area contributed by atoms with Gasteiger partial charge in [-0.25, -0.2) is 9.59 Å². The van der Waals surface area contributed by atoms with Crippen LogP contribution in [-0.4, -0.2) is 79.3 Å². The van der Waals surface area contributed by atoms with Crippen LogP contribution in [0.4, 0.5) is 4.79 Å². The molecule has 20 heavy (non-hydrogen) atoms. The van der Waals surface area contributed by atoms with Gasteiger partial charge in [0.05, 0.1) is 25.4 Å². The average molecular weight is 292 g/mol. The van der Waals surface area contributed by atoms with Crippen LogP contribution in [-0.2, 0) is 14.3 Å². The van der Waals surface area contributed by atoms with Gasteiger partial charge in [0.25, 0.3) is 0 Å². The molecule has 3 N–H and O–H groups in total. The Labute approximate surface area is 118 Å². The number of hydrogen-bond acceptors (Lipinski definition) is 5. The molecule has 0 fully saturated rings. The zero-order valence-electron chi connectivity index (χ0n) is 12.3. The minimum Gasteiger partial charge on any atom is -0.480 e. The number of aliphatic hydroxyl groups is 1. The standard InChI is InChI=1S/C12H24N2O6/c1-8(7-20-4)14(5-6-19-3)12(18)13-10(9(2)15)11(16)17/h8-10,15H,5-7H2,1-4H3,(H,13,18)(H,16,17)/t8?,9-,10+/m1/s1. The van der Waals surface area contributed by atoms with Crippen molar-refractivity contribution in [1.29, 1.82) is 0 Å². The smallest absolute Gasteiger partial charge is 0.328 e. The Balaban J connectivity index is 4.79. The third kappa shape index (κ3) is 6.18. The molecule has 0 saturated carbocycles. The van der Waals surface area contributed by atoms with Gasteiger partial charge >= 0.3 is 12.0 Å². The van der Waals surface area contributed by atoms with Gasteiger partial charge in [-0.3, -0.25) is 0 Å². The van der Waals surface area contributed by atoms with Gasteiger partial charge in [-0.2, -0.15) is 0 Å². The summed E-state index contributed by atoms with van der Waals surface area (Å²) in [6, 6.07) is -2.19. The zero-order valence-corrected chi connectivity index (χ0v) is 12.3. The highest BCUT2D eigenvalue weighted by Gasteiger charge is 2.28. The Kier molecular flexibility index (Phi) is 8.86. The van der Waals surface area contributed by atoms with Gasteiger partial charge in [0, 0.05) is 20.8 Å². The number of hydrogen-bond donors (Lipinski definition) is 3. The van der Waals surface area contributed by atoms with E-state index in [1.807, 2.05) is 0 Å². The van der Waals surface area contributed by atoms with Crippen molar-refractivity contribution in [3.05, 3.63) is 0 Å². The molecular weight excluding hydrogens is 268 g/mol. The van der Waals surface area contributed by atoms with Crippen LogP contribution >= 0.6 is 0 Å². The van der Waals surface area contributed by atoms with Crippen LogP contribution in [0.2, 0.25) is 0 Å². The van der Waals surface area contributed by atoms with Crippen LogP contribution in [0, 0.1) is 0 Å². The van der Waals surface area contributed by atoms with E-state index in [0.29, 0.717) is 19.8 Å². The second-order valence-electron chi connectivity index (χ2n) is 4.50. The van der Waals surface area contributed by atoms with Crippen molar-refractivity contribution < 1.29 is 29.3 Å². The van der Waals surface area contributed by atoms with Crippen molar-refractivity contribution in [3.63, 3.8) is 0 Å². The van der Waals surface area contributed by atoms with E-state index in [1.165, 1.54) is 26.0 Å². The summed E-state index contributed by atoms with van der Waals surface area (Å²) in [4.78, 5) is 24.5. The molecule has 1 unspecified atom stereocenters. The van der Waals surface area contributed by atoms with Crippen molar-refractivity contribution >= 4 is 12.0 Å². The van der Waals surface area contributed by atoms with E-state index >= 15 is 0 Å². The predicted molar refractivity (Wildman–Crippen MR) is 71.6 cm³/mol. The molecule has 2 amide bonds. The number of carboxylic acids is 1. The molecule has 0 heterocycles. The lowest BCUT2D eigenvalue weighted by Crippen LogP contribution is -2.55. The fraction of sp³-hybridized carbons (Fsp3) is 0.833. The van der Waals surface area contributed by atoms with Gasteiger partial charge in [-0.1, -0.05) is 0 Å². The third-order valence-corrected chi connectivity index (χ3v) is 2.76. The fourth-order valence-electron chi connectivity index (χ4n) is 1.65. The SMILES string of the molecule is COCCN(C(=O)N[C@H](C(=O)O)[C@@H](C)O)C(C)COC. The number of urea groups is 1. The minimum atomic E-state index is -1.36. The molecule has 8 heteroatoms. The largest absolute Gasteiger partial charge is 0.480 e. The number of methoxy groups -OCH3 is 2. The lowest BCUT2D eigenvalue weighted by Gasteiger charge is -2.30. The van der Waals surface area contributed by atoms with E-state index in [2.05, 4.69) is 5.32 Å². The normalized spacial score (nSPS) is 15.2. The van der Waals surface area contributed by atoms with Crippen molar-refractivity contribution in [1.82, 2.24) is 10.2 Å². The van der Waals surface area contributed by atoms with Crippen LogP contribution < -0.4 is 5.32 Å². The number of rotatable bonds is 9. The van der Waals surface area contributed by atoms with Crippen molar-refractivity contribution in [2.24, 2.45) is 0 Å². The molecule has 0 saturated heterocycles. The number of aliphatic hydroxyl groups excluding tert-OH is 1.